The number of anilines is 1. The molecule has 2 rings (SSSR count). The number of hydrogen-bond donors (Lipinski definition) is 2. The second kappa shape index (κ2) is 6.52. The third-order valence-electron chi connectivity index (χ3n) is 2.90. The molecule has 0 atom stereocenters. The number of amides is 3. The van der Waals surface area contributed by atoms with E-state index < -0.39 is 17.8 Å². The predicted molar refractivity (Wildman–Crippen MR) is 82.3 cm³/mol. The molecule has 0 saturated heterocycles. The number of carbonyl (C=O) groups is 2. The summed E-state index contributed by atoms with van der Waals surface area (Å²) >= 11 is 1.51. The number of primary amides is 1. The molecule has 2 aromatic rings. The van der Waals surface area contributed by atoms with Gasteiger partial charge in [-0.25, -0.2) is 14.2 Å². The van der Waals surface area contributed by atoms with E-state index in [-0.39, 0.29) is 5.56 Å². The smallest absolute Gasteiger partial charge is 0.321 e. The van der Waals surface area contributed by atoms with Gasteiger partial charge in [-0.2, -0.15) is 0 Å². The fraction of sp³-hybridized carbons (Fsp3) is 0.214. The number of aromatic nitrogens is 1. The van der Waals surface area contributed by atoms with Gasteiger partial charge in [0, 0.05) is 18.1 Å². The Morgan fingerprint density at radius 3 is 2.77 bits per heavy atom. The third-order valence-corrected chi connectivity index (χ3v) is 3.72. The summed E-state index contributed by atoms with van der Waals surface area (Å²) < 4.78 is 13.4. The van der Waals surface area contributed by atoms with Crippen LogP contribution in [0.1, 0.15) is 21.1 Å². The van der Waals surface area contributed by atoms with Crippen LogP contribution in [-0.2, 0) is 6.54 Å². The average Bonchev–Trinajstić information content (AvgIpc) is 2.85. The minimum absolute atomic E-state index is 0.268. The van der Waals surface area contributed by atoms with E-state index in [0.717, 1.165) is 16.8 Å². The molecule has 0 spiro atoms. The summed E-state index contributed by atoms with van der Waals surface area (Å²) in [6.45, 7) is 2.23. The van der Waals surface area contributed by atoms with E-state index in [2.05, 4.69) is 10.3 Å². The maximum Gasteiger partial charge on any atom is 0.321 e. The molecule has 0 unspecified atom stereocenters. The van der Waals surface area contributed by atoms with Crippen molar-refractivity contribution >= 4 is 29.0 Å². The van der Waals surface area contributed by atoms with Gasteiger partial charge in [0.25, 0.3) is 5.91 Å². The number of nitrogens with one attached hydrogen (secondary N) is 1. The van der Waals surface area contributed by atoms with Crippen LogP contribution in [0, 0.1) is 12.7 Å². The lowest BCUT2D eigenvalue weighted by atomic mass is 10.2. The van der Waals surface area contributed by atoms with E-state index in [1.54, 1.807) is 7.05 Å². The molecule has 1 heterocycles. The van der Waals surface area contributed by atoms with Gasteiger partial charge in [-0.05, 0) is 25.1 Å². The quantitative estimate of drug-likeness (QED) is 0.905. The average molecular weight is 322 g/mol. The summed E-state index contributed by atoms with van der Waals surface area (Å²) in [6.07, 6.45) is 0. The van der Waals surface area contributed by atoms with Crippen molar-refractivity contribution < 1.29 is 14.0 Å². The fourth-order valence-electron chi connectivity index (χ4n) is 1.81. The van der Waals surface area contributed by atoms with Gasteiger partial charge in [0.1, 0.15) is 5.82 Å². The zero-order valence-corrected chi connectivity index (χ0v) is 12.9. The number of rotatable bonds is 4. The molecule has 1 aromatic heterocycles. The maximum atomic E-state index is 13.4. The highest BCUT2D eigenvalue weighted by atomic mass is 32.1. The monoisotopic (exact) mass is 322 g/mol. The minimum atomic E-state index is -0.889. The molecule has 0 saturated carbocycles. The molecule has 0 bridgehead atoms. The minimum Gasteiger partial charge on any atom is -0.366 e. The summed E-state index contributed by atoms with van der Waals surface area (Å²) in [5.74, 6) is -1.61. The number of nitrogens with two attached hydrogens (primary N) is 1. The molecule has 0 fully saturated rings. The van der Waals surface area contributed by atoms with Gasteiger partial charge in [-0.1, -0.05) is 0 Å². The summed E-state index contributed by atoms with van der Waals surface area (Å²) in [5, 5.41) is 5.38. The molecule has 22 heavy (non-hydrogen) atoms. The number of urea groups is 1. The summed E-state index contributed by atoms with van der Waals surface area (Å²) in [7, 11) is 1.61. The molecule has 8 heteroatoms. The van der Waals surface area contributed by atoms with Crippen LogP contribution in [0.5, 0.6) is 0 Å². The zero-order valence-electron chi connectivity index (χ0n) is 12.1. The van der Waals surface area contributed by atoms with E-state index in [1.165, 1.54) is 28.4 Å². The fourth-order valence-corrected chi connectivity index (χ4v) is 2.41. The van der Waals surface area contributed by atoms with Crippen LogP contribution in [0.3, 0.4) is 0 Å². The van der Waals surface area contributed by atoms with Gasteiger partial charge in [-0.3, -0.25) is 4.79 Å². The van der Waals surface area contributed by atoms with Gasteiger partial charge < -0.3 is 16.0 Å². The molecule has 0 aliphatic carbocycles. The topological polar surface area (TPSA) is 88.3 Å². The number of carbonyl (C=O) groups excluding carboxylic acids is 2. The normalized spacial score (nSPS) is 10.3. The van der Waals surface area contributed by atoms with E-state index >= 15 is 0 Å². The van der Waals surface area contributed by atoms with Crippen LogP contribution in [0.15, 0.2) is 23.6 Å². The van der Waals surface area contributed by atoms with Crippen molar-refractivity contribution in [3.05, 3.63) is 45.7 Å². The van der Waals surface area contributed by atoms with E-state index in [4.69, 9.17) is 5.73 Å². The Balaban J connectivity index is 2.05. The molecule has 0 aliphatic rings. The van der Waals surface area contributed by atoms with Crippen molar-refractivity contribution in [2.24, 2.45) is 5.73 Å². The van der Waals surface area contributed by atoms with Gasteiger partial charge in [0.05, 0.1) is 22.8 Å². The van der Waals surface area contributed by atoms with Crippen molar-refractivity contribution in [3.8, 4) is 0 Å². The lowest BCUT2D eigenvalue weighted by Crippen LogP contribution is -2.31. The molecule has 6 nitrogen and oxygen atoms in total. The molecular formula is C14H15FN4O2S. The largest absolute Gasteiger partial charge is 0.366 e. The highest BCUT2D eigenvalue weighted by Crippen LogP contribution is 2.15. The molecule has 0 aliphatic heterocycles. The highest BCUT2D eigenvalue weighted by Gasteiger charge is 2.14. The molecule has 0 radical (unpaired) electrons. The lowest BCUT2D eigenvalue weighted by Gasteiger charge is -2.17. The Hall–Kier alpha value is -2.48. The van der Waals surface area contributed by atoms with E-state index in [0.29, 0.717) is 12.2 Å². The maximum absolute atomic E-state index is 13.4. The number of thiazole rings is 1. The van der Waals surface area contributed by atoms with Crippen molar-refractivity contribution in [2.45, 2.75) is 13.5 Å². The molecule has 3 amide bonds. The van der Waals surface area contributed by atoms with Crippen molar-refractivity contribution in [1.82, 2.24) is 9.88 Å². The first kappa shape index (κ1) is 15.9. The number of aryl methyl sites for hydroxylation is 1. The van der Waals surface area contributed by atoms with Gasteiger partial charge in [-0.15, -0.1) is 11.3 Å². The Morgan fingerprint density at radius 2 is 2.18 bits per heavy atom. The van der Waals surface area contributed by atoms with Crippen LogP contribution in [0.2, 0.25) is 0 Å². The first-order chi connectivity index (χ1) is 10.4. The number of halogens is 1. The lowest BCUT2D eigenvalue weighted by molar-refractivity contribution is 0.0996. The standard InChI is InChI=1S/C14H15FN4O2S/c1-8-17-10(7-22-8)6-19(2)14(21)18-9-3-4-12(15)11(5-9)13(16)20/h3-5,7H,6H2,1-2H3,(H2,16,20)(H,18,21). The zero-order chi connectivity index (χ0) is 16.3. The number of nitrogens with zero attached hydrogens (tertiary/aromatic N) is 2. The Labute approximate surface area is 130 Å². The SMILES string of the molecule is Cc1nc(CN(C)C(=O)Nc2ccc(F)c(C(N)=O)c2)cs1. The van der Waals surface area contributed by atoms with Gasteiger partial charge in [0.2, 0.25) is 0 Å². The number of hydrogen-bond acceptors (Lipinski definition) is 4. The van der Waals surface area contributed by atoms with Crippen LogP contribution < -0.4 is 11.1 Å². The summed E-state index contributed by atoms with van der Waals surface area (Å²) in [5.41, 5.74) is 5.88. The second-order valence-electron chi connectivity index (χ2n) is 4.70. The van der Waals surface area contributed by atoms with Crippen molar-refractivity contribution in [3.63, 3.8) is 0 Å². The Morgan fingerprint density at radius 1 is 1.45 bits per heavy atom. The molecule has 3 N–H and O–H groups in total. The predicted octanol–water partition coefficient (Wildman–Crippen LogP) is 2.35. The molecule has 1 aromatic carbocycles. The van der Waals surface area contributed by atoms with E-state index in [1.807, 2.05) is 12.3 Å². The first-order valence-corrected chi connectivity index (χ1v) is 7.27. The van der Waals surface area contributed by atoms with Gasteiger partial charge >= 0.3 is 6.03 Å². The van der Waals surface area contributed by atoms with Crippen LogP contribution in [0.25, 0.3) is 0 Å². The van der Waals surface area contributed by atoms with E-state index in [9.17, 15) is 14.0 Å². The van der Waals surface area contributed by atoms with Crippen molar-refractivity contribution in [2.75, 3.05) is 12.4 Å². The van der Waals surface area contributed by atoms with Crippen LogP contribution in [0.4, 0.5) is 14.9 Å². The Kier molecular flexibility index (Phi) is 4.71. The summed E-state index contributed by atoms with van der Waals surface area (Å²) in [4.78, 5) is 28.9. The number of benzene rings is 1. The van der Waals surface area contributed by atoms with Crippen LogP contribution in [-0.4, -0.2) is 28.9 Å². The molecular weight excluding hydrogens is 307 g/mol. The highest BCUT2D eigenvalue weighted by molar-refractivity contribution is 7.09. The first-order valence-electron chi connectivity index (χ1n) is 6.39. The van der Waals surface area contributed by atoms with Crippen molar-refractivity contribution in [1.29, 1.82) is 0 Å². The molecule has 116 valence electrons. The second-order valence-corrected chi connectivity index (χ2v) is 5.77. The van der Waals surface area contributed by atoms with Crippen LogP contribution >= 0.6 is 11.3 Å². The third kappa shape index (κ3) is 3.79. The summed E-state index contributed by atoms with van der Waals surface area (Å²) in [6, 6.07) is 3.25. The van der Waals surface area contributed by atoms with Gasteiger partial charge in [0.15, 0.2) is 0 Å². The Bertz CT molecular complexity index is 717.